The van der Waals surface area contributed by atoms with Crippen LogP contribution in [0, 0.1) is 0 Å². The molecule has 0 unspecified atom stereocenters. The van der Waals surface area contributed by atoms with Gasteiger partial charge in [0.1, 0.15) is 0 Å². The van der Waals surface area contributed by atoms with E-state index in [1.54, 1.807) is 36.3 Å². The van der Waals surface area contributed by atoms with E-state index in [2.05, 4.69) is 15.0 Å². The molecule has 136 valence electrons. The molecule has 3 nitrogen and oxygen atoms in total. The summed E-state index contributed by atoms with van der Waals surface area (Å²) in [5.41, 5.74) is 2.25. The van der Waals surface area contributed by atoms with Crippen LogP contribution >= 0.6 is 23.5 Å². The van der Waals surface area contributed by atoms with Crippen molar-refractivity contribution < 1.29 is 17.6 Å². The van der Waals surface area contributed by atoms with Gasteiger partial charge in [0.05, 0.1) is 11.4 Å². The molecule has 2 heterocycles. The summed E-state index contributed by atoms with van der Waals surface area (Å²) in [6, 6.07) is 10.8. The Morgan fingerprint density at radius 3 is 2.23 bits per heavy atom. The van der Waals surface area contributed by atoms with Crippen LogP contribution in [0.15, 0.2) is 58.8 Å². The smallest absolute Gasteiger partial charge is 0.332 e. The van der Waals surface area contributed by atoms with Gasteiger partial charge in [-0.3, -0.25) is 4.98 Å². The highest BCUT2D eigenvalue weighted by atomic mass is 32.2. The molecule has 26 heavy (non-hydrogen) atoms. The lowest BCUT2D eigenvalue weighted by molar-refractivity contribution is -0.0565. The van der Waals surface area contributed by atoms with Crippen LogP contribution in [0.4, 0.5) is 17.6 Å². The number of nitrogens with one attached hydrogen (secondary N) is 1. The second-order valence-corrected chi connectivity index (χ2v) is 7.21. The maximum absolute atomic E-state index is 13.4. The predicted molar refractivity (Wildman–Crippen MR) is 95.8 cm³/mol. The molecule has 0 spiro atoms. The van der Waals surface area contributed by atoms with E-state index in [0.29, 0.717) is 22.5 Å². The SMILES string of the molecule is CSc1ccc(-c2nc(SC(F)(F)C(F)F)[nH]c2-c2ccncc2)cc1. The third kappa shape index (κ3) is 4.04. The number of aromatic nitrogens is 3. The first-order chi connectivity index (χ1) is 12.4. The molecule has 0 bridgehead atoms. The summed E-state index contributed by atoms with van der Waals surface area (Å²) in [4.78, 5) is 11.8. The third-order valence-electron chi connectivity index (χ3n) is 3.50. The van der Waals surface area contributed by atoms with Gasteiger partial charge in [0, 0.05) is 28.4 Å². The van der Waals surface area contributed by atoms with Gasteiger partial charge in [-0.1, -0.05) is 12.1 Å². The number of pyridine rings is 1. The van der Waals surface area contributed by atoms with Gasteiger partial charge in [0.2, 0.25) is 0 Å². The molecule has 0 aliphatic rings. The maximum Gasteiger partial charge on any atom is 0.360 e. The maximum atomic E-state index is 13.4. The molecule has 0 saturated heterocycles. The highest BCUT2D eigenvalue weighted by Crippen LogP contribution is 2.41. The quantitative estimate of drug-likeness (QED) is 0.419. The van der Waals surface area contributed by atoms with Gasteiger partial charge < -0.3 is 4.98 Å². The Balaban J connectivity index is 2.06. The van der Waals surface area contributed by atoms with E-state index in [1.807, 2.05) is 30.5 Å². The molecule has 2 aromatic heterocycles. The third-order valence-corrected chi connectivity index (χ3v) is 5.08. The topological polar surface area (TPSA) is 41.6 Å². The summed E-state index contributed by atoms with van der Waals surface area (Å²) in [5.74, 6) is 0. The molecule has 9 heteroatoms. The molecule has 3 aromatic rings. The average Bonchev–Trinajstić information content (AvgIpc) is 3.05. The number of H-pyrrole nitrogens is 1. The van der Waals surface area contributed by atoms with Crippen LogP contribution in [0.25, 0.3) is 22.5 Å². The average molecular weight is 399 g/mol. The van der Waals surface area contributed by atoms with Crippen molar-refractivity contribution in [1.29, 1.82) is 0 Å². The molecule has 0 atom stereocenters. The summed E-state index contributed by atoms with van der Waals surface area (Å²) >= 11 is 1.28. The number of rotatable bonds is 6. The summed E-state index contributed by atoms with van der Waals surface area (Å²) < 4.78 is 51.9. The normalized spacial score (nSPS) is 11.9. The number of imidazole rings is 1. The lowest BCUT2D eigenvalue weighted by Gasteiger charge is -2.11. The van der Waals surface area contributed by atoms with Crippen molar-refractivity contribution in [3.05, 3.63) is 48.8 Å². The predicted octanol–water partition coefficient (Wildman–Crippen LogP) is 5.81. The van der Waals surface area contributed by atoms with Crippen LogP contribution in [-0.2, 0) is 0 Å². The number of hydrogen-bond donors (Lipinski definition) is 1. The number of benzene rings is 1. The minimum absolute atomic E-state index is 0.272. The Hall–Kier alpha value is -2.00. The number of aromatic amines is 1. The molecule has 0 radical (unpaired) electrons. The highest BCUT2D eigenvalue weighted by Gasteiger charge is 2.43. The van der Waals surface area contributed by atoms with E-state index >= 15 is 0 Å². The Morgan fingerprint density at radius 1 is 1.00 bits per heavy atom. The van der Waals surface area contributed by atoms with Crippen LogP contribution in [0.1, 0.15) is 0 Å². The lowest BCUT2D eigenvalue weighted by atomic mass is 10.1. The summed E-state index contributed by atoms with van der Waals surface area (Å²) in [5, 5.41) is -4.50. The van der Waals surface area contributed by atoms with E-state index in [-0.39, 0.29) is 16.9 Å². The van der Waals surface area contributed by atoms with Crippen molar-refractivity contribution in [3.8, 4) is 22.5 Å². The minimum Gasteiger partial charge on any atom is -0.332 e. The van der Waals surface area contributed by atoms with Crippen molar-refractivity contribution in [2.24, 2.45) is 0 Å². The first-order valence-corrected chi connectivity index (χ1v) is 9.44. The fraction of sp³-hybridized carbons (Fsp3) is 0.176. The molecule has 0 fully saturated rings. The van der Waals surface area contributed by atoms with Crippen molar-refractivity contribution in [1.82, 2.24) is 15.0 Å². The Labute approximate surface area is 155 Å². The standard InChI is InChI=1S/C17H13F4N3S2/c1-25-12-4-2-10(3-5-12)13-14(11-6-8-22-9-7-11)24-16(23-13)26-17(20,21)15(18)19/h2-9,15H,1H3,(H,23,24). The second kappa shape index (κ2) is 7.71. The molecular formula is C17H13F4N3S2. The lowest BCUT2D eigenvalue weighted by Crippen LogP contribution is -2.21. The van der Waals surface area contributed by atoms with Gasteiger partial charge in [0.25, 0.3) is 0 Å². The van der Waals surface area contributed by atoms with Crippen LogP contribution in [0.5, 0.6) is 0 Å². The second-order valence-electron chi connectivity index (χ2n) is 5.19. The van der Waals surface area contributed by atoms with E-state index in [4.69, 9.17) is 0 Å². The number of halogens is 4. The molecule has 0 aliphatic heterocycles. The van der Waals surface area contributed by atoms with Crippen LogP contribution in [0.2, 0.25) is 0 Å². The fourth-order valence-corrected chi connectivity index (χ4v) is 3.30. The van der Waals surface area contributed by atoms with Gasteiger partial charge >= 0.3 is 11.7 Å². The van der Waals surface area contributed by atoms with E-state index in [0.717, 1.165) is 4.90 Å². The van der Waals surface area contributed by atoms with Crippen molar-refractivity contribution in [2.45, 2.75) is 21.7 Å². The van der Waals surface area contributed by atoms with Gasteiger partial charge in [-0.25, -0.2) is 13.8 Å². The van der Waals surface area contributed by atoms with E-state index in [9.17, 15) is 17.6 Å². The molecule has 0 amide bonds. The minimum atomic E-state index is -4.23. The number of thioether (sulfide) groups is 2. The van der Waals surface area contributed by atoms with Crippen molar-refractivity contribution in [3.63, 3.8) is 0 Å². The zero-order chi connectivity index (χ0) is 18.7. The van der Waals surface area contributed by atoms with Gasteiger partial charge in [-0.2, -0.15) is 8.78 Å². The molecule has 0 aliphatic carbocycles. The van der Waals surface area contributed by atoms with Gasteiger partial charge in [-0.15, -0.1) is 11.8 Å². The molecule has 3 rings (SSSR count). The zero-order valence-corrected chi connectivity index (χ0v) is 15.1. The van der Waals surface area contributed by atoms with Crippen LogP contribution in [-0.4, -0.2) is 32.9 Å². The first-order valence-electron chi connectivity index (χ1n) is 7.40. The zero-order valence-electron chi connectivity index (χ0n) is 13.4. The molecule has 1 aromatic carbocycles. The highest BCUT2D eigenvalue weighted by molar-refractivity contribution is 8.00. The van der Waals surface area contributed by atoms with Crippen LogP contribution < -0.4 is 0 Å². The Kier molecular flexibility index (Phi) is 5.57. The summed E-state index contributed by atoms with van der Waals surface area (Å²) in [7, 11) is 0. The monoisotopic (exact) mass is 399 g/mol. The number of hydrogen-bond acceptors (Lipinski definition) is 4. The Bertz CT molecular complexity index is 867. The largest absolute Gasteiger partial charge is 0.360 e. The fourth-order valence-electron chi connectivity index (χ4n) is 2.26. The first kappa shape index (κ1) is 18.8. The molecule has 1 N–H and O–H groups in total. The van der Waals surface area contributed by atoms with Gasteiger partial charge in [0.15, 0.2) is 5.16 Å². The van der Waals surface area contributed by atoms with Crippen molar-refractivity contribution in [2.75, 3.05) is 6.26 Å². The van der Waals surface area contributed by atoms with Crippen LogP contribution in [0.3, 0.4) is 0 Å². The number of alkyl halides is 4. The Morgan fingerprint density at radius 2 is 1.65 bits per heavy atom. The summed E-state index contributed by atoms with van der Waals surface area (Å²) in [6.45, 7) is 0. The number of nitrogens with zero attached hydrogens (tertiary/aromatic N) is 2. The van der Waals surface area contributed by atoms with Gasteiger partial charge in [-0.05, 0) is 42.3 Å². The van der Waals surface area contributed by atoms with E-state index < -0.39 is 11.7 Å². The summed E-state index contributed by atoms with van der Waals surface area (Å²) in [6.07, 6.45) is 1.26. The van der Waals surface area contributed by atoms with Crippen molar-refractivity contribution >= 4 is 23.5 Å². The molecule has 0 saturated carbocycles. The van der Waals surface area contributed by atoms with E-state index in [1.165, 1.54) is 0 Å². The molecular weight excluding hydrogens is 386 g/mol.